The number of ketones is 3. The van der Waals surface area contributed by atoms with Gasteiger partial charge in [0.05, 0.1) is 41.9 Å². The van der Waals surface area contributed by atoms with Crippen molar-refractivity contribution in [3.8, 4) is 11.5 Å². The highest BCUT2D eigenvalue weighted by Crippen LogP contribution is 2.56. The lowest BCUT2D eigenvalue weighted by atomic mass is 9.56. The summed E-state index contributed by atoms with van der Waals surface area (Å²) >= 11 is 0. The van der Waals surface area contributed by atoms with Crippen LogP contribution in [0.2, 0.25) is 0 Å². The van der Waals surface area contributed by atoms with Gasteiger partial charge in [-0.15, -0.1) is 0 Å². The van der Waals surface area contributed by atoms with E-state index in [1.807, 2.05) is 0 Å². The molecule has 6 N–H and O–H groups in total. The molecule has 3 aliphatic carbocycles. The fourth-order valence-corrected chi connectivity index (χ4v) is 8.40. The van der Waals surface area contributed by atoms with Crippen LogP contribution in [0.3, 0.4) is 0 Å². The van der Waals surface area contributed by atoms with E-state index in [0.717, 1.165) is 20.3 Å². The molecule has 0 unspecified atom stereocenters. The second kappa shape index (κ2) is 14.8. The monoisotopic (exact) mass is 768 g/mol. The Hall–Kier alpha value is -4.59. The number of carbonyl (C=O) groups excluding carboxylic acids is 4. The van der Waals surface area contributed by atoms with E-state index in [0.29, 0.717) is 13.0 Å². The maximum absolute atomic E-state index is 14.9. The highest BCUT2D eigenvalue weighted by atomic mass is 16.6. The van der Waals surface area contributed by atoms with E-state index in [1.165, 1.54) is 40.4 Å². The molecule has 296 valence electrons. The second-order valence-electron chi connectivity index (χ2n) is 13.8. The first-order valence-corrected chi connectivity index (χ1v) is 17.5. The highest BCUT2D eigenvalue weighted by Gasteiger charge is 2.72. The number of esters is 1. The Morgan fingerprint density at radius 2 is 1.67 bits per heavy atom. The van der Waals surface area contributed by atoms with Crippen LogP contribution in [-0.4, -0.2) is 146 Å². The molecule has 1 fully saturated rings. The van der Waals surface area contributed by atoms with Crippen molar-refractivity contribution in [1.82, 2.24) is 5.32 Å². The lowest BCUT2D eigenvalue weighted by molar-refractivity contribution is -0.236. The van der Waals surface area contributed by atoms with Crippen LogP contribution in [-0.2, 0) is 40.4 Å². The lowest BCUT2D eigenvalue weighted by Gasteiger charge is -2.53. The number of fused-ring (bicyclic) bond motifs is 5. The Labute approximate surface area is 315 Å². The molecule has 0 amide bonds. The molecular weight excluding hydrogens is 724 g/mol. The van der Waals surface area contributed by atoms with Crippen molar-refractivity contribution in [2.45, 2.75) is 74.6 Å². The number of carbonyl (C=O) groups is 4. The third-order valence-corrected chi connectivity index (χ3v) is 11.0. The van der Waals surface area contributed by atoms with Crippen molar-refractivity contribution in [2.75, 3.05) is 48.7 Å². The van der Waals surface area contributed by atoms with Crippen LogP contribution in [0.1, 0.15) is 77.0 Å². The molecule has 0 saturated carbocycles. The van der Waals surface area contributed by atoms with Gasteiger partial charge in [-0.3, -0.25) is 19.4 Å². The quantitative estimate of drug-likeness (QED) is 0.141. The third-order valence-electron chi connectivity index (χ3n) is 11.0. The zero-order valence-corrected chi connectivity index (χ0v) is 31.3. The van der Waals surface area contributed by atoms with Crippen molar-refractivity contribution in [1.29, 1.82) is 0 Å². The van der Waals surface area contributed by atoms with E-state index in [2.05, 4.69) is 10.3 Å². The number of aliphatic hydroxyl groups excluding tert-OH is 2. The van der Waals surface area contributed by atoms with E-state index in [-0.39, 0.29) is 40.2 Å². The molecule has 0 spiro atoms. The van der Waals surface area contributed by atoms with Gasteiger partial charge in [-0.25, -0.2) is 4.79 Å². The number of rotatable bonds is 10. The maximum atomic E-state index is 14.9. The van der Waals surface area contributed by atoms with Gasteiger partial charge in [0.2, 0.25) is 17.3 Å². The Balaban J connectivity index is 1.56. The van der Waals surface area contributed by atoms with Gasteiger partial charge >= 0.3 is 5.97 Å². The summed E-state index contributed by atoms with van der Waals surface area (Å²) in [6.45, 7) is 3.59. The molecule has 1 heterocycles. The molecule has 55 heavy (non-hydrogen) atoms. The van der Waals surface area contributed by atoms with Crippen LogP contribution in [0, 0.1) is 6.92 Å². The summed E-state index contributed by atoms with van der Waals surface area (Å²) in [4.78, 5) is 61.4. The van der Waals surface area contributed by atoms with E-state index in [1.54, 1.807) is 6.92 Å². The van der Waals surface area contributed by atoms with Crippen LogP contribution in [0.4, 0.5) is 0 Å². The standard InChI is InChI=1S/C38H44N2O15/c1-15-11-17-12-22(41)38(54-7)34(47)25-19(33(46)37(38,49)26(17)29(44)23(15)36(48)53-6)13-18-24(28(25)43)20(39-9-8-10-50-3)14-21(27(18)42)40-35-32(52-5)30(45)31(51-4)16(2)55-35/h11,13-14,16,22,30-32,35,40-41,43-45,49H,8-10,12H2,1-7H3/t16-,22+,30+,31-,32+,35-,37-,38+/m0/s1. The van der Waals surface area contributed by atoms with Crippen LogP contribution in [0.25, 0.3) is 0 Å². The van der Waals surface area contributed by atoms with Gasteiger partial charge in [0.25, 0.3) is 0 Å². The number of nitrogens with zero attached hydrogens (tertiary/aromatic N) is 1. The van der Waals surface area contributed by atoms with Crippen LogP contribution >= 0.6 is 0 Å². The van der Waals surface area contributed by atoms with Gasteiger partial charge < -0.3 is 59.3 Å². The molecular formula is C38H44N2O15. The number of hydrogen-bond acceptors (Lipinski definition) is 17. The molecule has 17 nitrogen and oxygen atoms in total. The second-order valence-corrected chi connectivity index (χ2v) is 13.8. The minimum atomic E-state index is -3.20. The summed E-state index contributed by atoms with van der Waals surface area (Å²) in [5.74, 6) is -6.11. The molecule has 2 aromatic carbocycles. The number of hydrogen-bond donors (Lipinski definition) is 6. The molecule has 1 aliphatic heterocycles. The van der Waals surface area contributed by atoms with Crippen molar-refractivity contribution in [2.24, 2.45) is 4.99 Å². The van der Waals surface area contributed by atoms with Crippen molar-refractivity contribution in [3.05, 3.63) is 68.4 Å². The van der Waals surface area contributed by atoms with Crippen molar-refractivity contribution >= 4 is 29.0 Å². The van der Waals surface area contributed by atoms with E-state index in [4.69, 9.17) is 28.4 Å². The normalized spacial score (nSPS) is 30.6. The number of aromatic hydroxyl groups is 2. The number of methoxy groups -OCH3 is 5. The Morgan fingerprint density at radius 1 is 0.982 bits per heavy atom. The van der Waals surface area contributed by atoms with E-state index >= 15 is 0 Å². The first-order chi connectivity index (χ1) is 26.1. The number of benzene rings is 2. The summed E-state index contributed by atoms with van der Waals surface area (Å²) in [6, 6.07) is 2.39. The van der Waals surface area contributed by atoms with Crippen LogP contribution in [0.15, 0.2) is 28.9 Å². The fraction of sp³-hybridized carbons (Fsp3) is 0.500. The van der Waals surface area contributed by atoms with E-state index < -0.39 is 111 Å². The predicted octanol–water partition coefficient (Wildman–Crippen LogP) is 0.393. The number of Topliss-reactive ketones (excluding diaryl/α,β-unsaturated/α-hetero) is 3. The first kappa shape index (κ1) is 40.1. The zero-order chi connectivity index (χ0) is 40.3. The van der Waals surface area contributed by atoms with Gasteiger partial charge in [0.15, 0.2) is 17.4 Å². The molecule has 0 aromatic heterocycles. The smallest absolute Gasteiger partial charge is 0.341 e. The topological polar surface area (TPSA) is 249 Å². The molecule has 0 radical (unpaired) electrons. The lowest BCUT2D eigenvalue weighted by Crippen LogP contribution is -2.73. The van der Waals surface area contributed by atoms with Crippen molar-refractivity contribution < 1.29 is 73.1 Å². The SMILES string of the molecule is COCCCN=C1C=C(N[C@H]2O[C@@H](C)[C@H](OC)[C@@H](O)[C@H]2OC)C(=O)c2cc3c(c(O)c21)C(=O)[C@]1(OC)[C@H](O)Cc2cc(C)c(C(=O)OC)c(O)c2[C@]1(O)C3=O. The molecule has 4 aliphatic rings. The van der Waals surface area contributed by atoms with Crippen molar-refractivity contribution in [3.63, 3.8) is 0 Å². The fourth-order valence-electron chi connectivity index (χ4n) is 8.40. The molecule has 8 atom stereocenters. The van der Waals surface area contributed by atoms with Gasteiger partial charge in [-0.05, 0) is 43.5 Å². The van der Waals surface area contributed by atoms with Gasteiger partial charge in [-0.1, -0.05) is 6.07 Å². The predicted molar refractivity (Wildman–Crippen MR) is 190 cm³/mol. The molecule has 6 rings (SSSR count). The summed E-state index contributed by atoms with van der Waals surface area (Å²) in [7, 11) is 6.29. The average molecular weight is 769 g/mol. The number of aliphatic hydroxyl groups is 3. The minimum Gasteiger partial charge on any atom is -0.507 e. The van der Waals surface area contributed by atoms with Crippen LogP contribution in [0.5, 0.6) is 11.5 Å². The molecule has 2 aromatic rings. The maximum Gasteiger partial charge on any atom is 0.341 e. The van der Waals surface area contributed by atoms with E-state index in [9.17, 15) is 44.7 Å². The number of aliphatic imine (C=N–C) groups is 1. The van der Waals surface area contributed by atoms with Gasteiger partial charge in [-0.2, -0.15) is 0 Å². The highest BCUT2D eigenvalue weighted by molar-refractivity contribution is 6.31. The Kier molecular flexibility index (Phi) is 10.8. The summed E-state index contributed by atoms with van der Waals surface area (Å²) in [5, 5.41) is 61.7. The Bertz CT molecular complexity index is 2030. The average Bonchev–Trinajstić information content (AvgIpc) is 3.14. The zero-order valence-electron chi connectivity index (χ0n) is 31.3. The number of ether oxygens (including phenoxy) is 6. The number of nitrogens with one attached hydrogen (secondary N) is 1. The first-order valence-electron chi connectivity index (χ1n) is 17.5. The largest absolute Gasteiger partial charge is 0.507 e. The minimum absolute atomic E-state index is 0.0135. The number of aryl methyl sites for hydroxylation is 1. The summed E-state index contributed by atoms with van der Waals surface area (Å²) in [6.07, 6.45) is -5.35. The number of phenols is 2. The summed E-state index contributed by atoms with van der Waals surface area (Å²) in [5.41, 5.74) is -8.78. The Morgan fingerprint density at radius 3 is 2.29 bits per heavy atom. The number of allylic oxidation sites excluding steroid dienone is 2. The summed E-state index contributed by atoms with van der Waals surface area (Å²) < 4.78 is 32.5. The van der Waals surface area contributed by atoms with Gasteiger partial charge in [0, 0.05) is 64.7 Å². The third kappa shape index (κ3) is 5.71. The van der Waals surface area contributed by atoms with Crippen LogP contribution < -0.4 is 5.32 Å². The molecule has 1 saturated heterocycles. The number of phenolic OH excluding ortho intramolecular Hbond substituents is 2. The molecule has 17 heteroatoms. The van der Waals surface area contributed by atoms with Gasteiger partial charge in [0.1, 0.15) is 35.4 Å². The molecule has 0 bridgehead atoms.